The molecule has 1 atom stereocenters. The molecule has 2 nitrogen and oxygen atoms in total. The summed E-state index contributed by atoms with van der Waals surface area (Å²) in [4.78, 5) is 4.30. The van der Waals surface area contributed by atoms with Crippen molar-refractivity contribution in [2.24, 2.45) is 7.05 Å². The van der Waals surface area contributed by atoms with E-state index in [4.69, 9.17) is 0 Å². The number of aromatic nitrogens is 2. The van der Waals surface area contributed by atoms with Crippen LogP contribution >= 0.6 is 11.8 Å². The molecule has 0 amide bonds. The molecule has 1 aromatic heterocycles. The Labute approximate surface area is 88.3 Å². The molecule has 0 aliphatic carbocycles. The summed E-state index contributed by atoms with van der Waals surface area (Å²) in [5.74, 6) is 0. The van der Waals surface area contributed by atoms with Gasteiger partial charge < -0.3 is 4.57 Å². The van der Waals surface area contributed by atoms with Crippen LogP contribution in [0.2, 0.25) is 0 Å². The Hall–Kier alpha value is -0.960. The molecule has 0 aliphatic rings. The molecule has 0 fully saturated rings. The van der Waals surface area contributed by atoms with E-state index >= 15 is 0 Å². The number of fused-ring (bicyclic) bond motifs is 1. The van der Waals surface area contributed by atoms with Crippen molar-refractivity contribution in [2.45, 2.75) is 12.2 Å². The standard InChI is InChI=1S/C11H14N2S/c1-8(14-3)9-4-5-10-11(6-9)13(2)7-12-10/h4-8H,1-3H3. The lowest BCUT2D eigenvalue weighted by atomic mass is 10.1. The Balaban J connectivity index is 2.54. The monoisotopic (exact) mass is 206 g/mol. The summed E-state index contributed by atoms with van der Waals surface area (Å²) in [6, 6.07) is 6.48. The average Bonchev–Trinajstić information content (AvgIpc) is 2.59. The Bertz CT molecular complexity index is 447. The summed E-state index contributed by atoms with van der Waals surface area (Å²) in [5.41, 5.74) is 3.65. The molecule has 1 aromatic carbocycles. The largest absolute Gasteiger partial charge is 0.334 e. The van der Waals surface area contributed by atoms with Crippen LogP contribution < -0.4 is 0 Å². The van der Waals surface area contributed by atoms with Gasteiger partial charge in [0.2, 0.25) is 0 Å². The van der Waals surface area contributed by atoms with Crippen LogP contribution in [0.25, 0.3) is 11.0 Å². The summed E-state index contributed by atoms with van der Waals surface area (Å²) in [6.07, 6.45) is 4.00. The van der Waals surface area contributed by atoms with Crippen LogP contribution in [0.3, 0.4) is 0 Å². The number of thioether (sulfide) groups is 1. The summed E-state index contributed by atoms with van der Waals surface area (Å²) < 4.78 is 2.06. The van der Waals surface area contributed by atoms with Gasteiger partial charge in [0.25, 0.3) is 0 Å². The first-order valence-electron chi connectivity index (χ1n) is 4.66. The summed E-state index contributed by atoms with van der Waals surface area (Å²) in [6.45, 7) is 2.22. The SMILES string of the molecule is CSC(C)c1ccc2ncn(C)c2c1. The second-order valence-electron chi connectivity index (χ2n) is 3.48. The molecule has 0 N–H and O–H groups in total. The maximum absolute atomic E-state index is 4.30. The zero-order valence-electron chi connectivity index (χ0n) is 8.69. The van der Waals surface area contributed by atoms with Crippen LogP contribution in [0.5, 0.6) is 0 Å². The zero-order chi connectivity index (χ0) is 10.1. The summed E-state index contributed by atoms with van der Waals surface area (Å²) in [7, 11) is 2.03. The van der Waals surface area contributed by atoms with Crippen molar-refractivity contribution in [2.75, 3.05) is 6.26 Å². The van der Waals surface area contributed by atoms with Gasteiger partial charge in [-0.2, -0.15) is 11.8 Å². The Morgan fingerprint density at radius 1 is 1.43 bits per heavy atom. The van der Waals surface area contributed by atoms with E-state index in [1.54, 1.807) is 0 Å². The second-order valence-corrected chi connectivity index (χ2v) is 4.66. The van der Waals surface area contributed by atoms with Gasteiger partial charge in [-0.15, -0.1) is 0 Å². The number of nitrogens with zero attached hydrogens (tertiary/aromatic N) is 2. The van der Waals surface area contributed by atoms with Crippen LogP contribution in [0.1, 0.15) is 17.7 Å². The number of imidazole rings is 1. The van der Waals surface area contributed by atoms with Gasteiger partial charge in [-0.05, 0) is 30.9 Å². The molecule has 2 rings (SSSR count). The van der Waals surface area contributed by atoms with E-state index in [0.29, 0.717) is 5.25 Å². The first-order chi connectivity index (χ1) is 6.72. The minimum absolute atomic E-state index is 0.550. The molecule has 0 spiro atoms. The molecule has 0 bridgehead atoms. The maximum Gasteiger partial charge on any atom is 0.0955 e. The van der Waals surface area contributed by atoms with Crippen molar-refractivity contribution >= 4 is 22.8 Å². The van der Waals surface area contributed by atoms with Crippen LogP contribution in [-0.2, 0) is 7.05 Å². The predicted octanol–water partition coefficient (Wildman–Crippen LogP) is 3.00. The Kier molecular flexibility index (Phi) is 2.50. The van der Waals surface area contributed by atoms with Crippen molar-refractivity contribution in [3.63, 3.8) is 0 Å². The van der Waals surface area contributed by atoms with Gasteiger partial charge in [0, 0.05) is 12.3 Å². The van der Waals surface area contributed by atoms with E-state index in [0.717, 1.165) is 5.52 Å². The molecule has 0 saturated heterocycles. The highest BCUT2D eigenvalue weighted by Gasteiger charge is 2.06. The number of aryl methyl sites for hydroxylation is 1. The van der Waals surface area contributed by atoms with Crippen LogP contribution in [0.15, 0.2) is 24.5 Å². The van der Waals surface area contributed by atoms with E-state index in [9.17, 15) is 0 Å². The minimum Gasteiger partial charge on any atom is -0.334 e. The van der Waals surface area contributed by atoms with Crippen molar-refractivity contribution < 1.29 is 0 Å². The van der Waals surface area contributed by atoms with Crippen LogP contribution in [0.4, 0.5) is 0 Å². The number of rotatable bonds is 2. The molecular weight excluding hydrogens is 192 g/mol. The minimum atomic E-state index is 0.550. The third-order valence-electron chi connectivity index (χ3n) is 2.57. The van der Waals surface area contributed by atoms with Gasteiger partial charge in [-0.1, -0.05) is 6.07 Å². The fourth-order valence-electron chi connectivity index (χ4n) is 1.53. The maximum atomic E-state index is 4.30. The van der Waals surface area contributed by atoms with E-state index in [2.05, 4.69) is 40.9 Å². The molecule has 2 aromatic rings. The van der Waals surface area contributed by atoms with E-state index in [1.165, 1.54) is 11.1 Å². The van der Waals surface area contributed by atoms with E-state index in [-0.39, 0.29) is 0 Å². The van der Waals surface area contributed by atoms with Crippen molar-refractivity contribution in [1.29, 1.82) is 0 Å². The molecule has 0 aliphatic heterocycles. The van der Waals surface area contributed by atoms with Gasteiger partial charge in [0.05, 0.1) is 17.4 Å². The predicted molar refractivity (Wildman–Crippen MR) is 62.6 cm³/mol. The highest BCUT2D eigenvalue weighted by molar-refractivity contribution is 7.98. The van der Waals surface area contributed by atoms with Crippen LogP contribution in [0, 0.1) is 0 Å². The molecule has 74 valence electrons. The number of hydrogen-bond donors (Lipinski definition) is 0. The lowest BCUT2D eigenvalue weighted by molar-refractivity contribution is 0.945. The molecular formula is C11H14N2S. The summed E-state index contributed by atoms with van der Waals surface area (Å²) >= 11 is 1.87. The fraction of sp³-hybridized carbons (Fsp3) is 0.364. The van der Waals surface area contributed by atoms with Gasteiger partial charge >= 0.3 is 0 Å². The van der Waals surface area contributed by atoms with Gasteiger partial charge in [0.15, 0.2) is 0 Å². The molecule has 0 saturated carbocycles. The number of hydrogen-bond acceptors (Lipinski definition) is 2. The fourth-order valence-corrected chi connectivity index (χ4v) is 1.95. The van der Waals surface area contributed by atoms with Crippen molar-refractivity contribution in [3.8, 4) is 0 Å². The lowest BCUT2D eigenvalue weighted by Crippen LogP contribution is -1.89. The van der Waals surface area contributed by atoms with Crippen LogP contribution in [-0.4, -0.2) is 15.8 Å². The van der Waals surface area contributed by atoms with Gasteiger partial charge in [-0.25, -0.2) is 4.98 Å². The summed E-state index contributed by atoms with van der Waals surface area (Å²) in [5, 5.41) is 0.550. The third kappa shape index (κ3) is 1.52. The third-order valence-corrected chi connectivity index (χ3v) is 3.55. The topological polar surface area (TPSA) is 17.8 Å². The normalized spacial score (nSPS) is 13.4. The molecule has 14 heavy (non-hydrogen) atoms. The quantitative estimate of drug-likeness (QED) is 0.751. The molecule has 1 heterocycles. The highest BCUT2D eigenvalue weighted by Crippen LogP contribution is 2.27. The first-order valence-corrected chi connectivity index (χ1v) is 5.95. The number of benzene rings is 1. The lowest BCUT2D eigenvalue weighted by Gasteiger charge is -2.08. The Morgan fingerprint density at radius 3 is 2.93 bits per heavy atom. The van der Waals surface area contributed by atoms with Crippen molar-refractivity contribution in [3.05, 3.63) is 30.1 Å². The van der Waals surface area contributed by atoms with Gasteiger partial charge in [0.1, 0.15) is 0 Å². The Morgan fingerprint density at radius 2 is 2.21 bits per heavy atom. The smallest absolute Gasteiger partial charge is 0.0955 e. The first kappa shape index (κ1) is 9.59. The molecule has 3 heteroatoms. The molecule has 0 radical (unpaired) electrons. The molecule has 1 unspecified atom stereocenters. The highest BCUT2D eigenvalue weighted by atomic mass is 32.2. The zero-order valence-corrected chi connectivity index (χ0v) is 9.51. The van der Waals surface area contributed by atoms with E-state index < -0.39 is 0 Å². The second kappa shape index (κ2) is 3.65. The van der Waals surface area contributed by atoms with E-state index in [1.807, 2.05) is 25.1 Å². The average molecular weight is 206 g/mol. The van der Waals surface area contributed by atoms with Crippen molar-refractivity contribution in [1.82, 2.24) is 9.55 Å². The van der Waals surface area contributed by atoms with Gasteiger partial charge in [-0.3, -0.25) is 0 Å².